The van der Waals surface area contributed by atoms with Crippen LogP contribution in [0.15, 0.2) is 0 Å². The summed E-state index contributed by atoms with van der Waals surface area (Å²) in [5.74, 6) is -1.17. The van der Waals surface area contributed by atoms with Crippen molar-refractivity contribution in [3.05, 3.63) is 0 Å². The van der Waals surface area contributed by atoms with Gasteiger partial charge in [0.1, 0.15) is 5.60 Å². The number of nitrogens with zero attached hydrogens (tertiary/aromatic N) is 2. The molecule has 1 heterocycles. The van der Waals surface area contributed by atoms with Crippen molar-refractivity contribution in [2.45, 2.75) is 52.7 Å². The zero-order chi connectivity index (χ0) is 20.3. The van der Waals surface area contributed by atoms with Gasteiger partial charge in [-0.25, -0.2) is 14.4 Å². The van der Waals surface area contributed by atoms with E-state index in [0.717, 1.165) is 4.90 Å². The molecule has 1 saturated heterocycles. The van der Waals surface area contributed by atoms with Crippen LogP contribution in [0.25, 0.3) is 0 Å². The molecular formula is C17H31N3O6. The Morgan fingerprint density at radius 3 is 2.08 bits per heavy atom. The number of ether oxygens (including phenoxy) is 1. The van der Waals surface area contributed by atoms with Gasteiger partial charge in [0.05, 0.1) is 0 Å². The van der Waals surface area contributed by atoms with E-state index in [2.05, 4.69) is 5.32 Å². The number of amides is 2. The molecule has 0 aromatic rings. The van der Waals surface area contributed by atoms with Crippen molar-refractivity contribution in [1.29, 1.82) is 0 Å². The molecule has 1 rings (SSSR count). The number of rotatable bonds is 4. The second-order valence-electron chi connectivity index (χ2n) is 8.55. The Labute approximate surface area is 154 Å². The van der Waals surface area contributed by atoms with Crippen LogP contribution >= 0.6 is 0 Å². The molecule has 1 aliphatic heterocycles. The van der Waals surface area contributed by atoms with Crippen molar-refractivity contribution in [2.75, 3.05) is 32.7 Å². The van der Waals surface area contributed by atoms with E-state index in [1.807, 2.05) is 4.90 Å². The first-order valence-corrected chi connectivity index (χ1v) is 8.64. The molecule has 0 saturated carbocycles. The van der Waals surface area contributed by atoms with Gasteiger partial charge in [0.2, 0.25) is 0 Å². The summed E-state index contributed by atoms with van der Waals surface area (Å²) in [4.78, 5) is 38.3. The predicted molar refractivity (Wildman–Crippen MR) is 95.2 cm³/mol. The molecule has 1 atom stereocenters. The summed E-state index contributed by atoms with van der Waals surface area (Å²) in [6.45, 7) is 11.7. The maximum absolute atomic E-state index is 12.1. The number of alkyl carbamates (subject to hydrolysis) is 1. The number of carbonyl (C=O) groups is 3. The lowest BCUT2D eigenvalue weighted by Crippen LogP contribution is -2.72. The summed E-state index contributed by atoms with van der Waals surface area (Å²) < 4.78 is 5.16. The van der Waals surface area contributed by atoms with E-state index in [9.17, 15) is 24.6 Å². The number of carboxylic acid groups (broad SMARTS) is 2. The molecular weight excluding hydrogens is 342 g/mol. The zero-order valence-corrected chi connectivity index (χ0v) is 16.5. The first-order chi connectivity index (χ1) is 11.7. The van der Waals surface area contributed by atoms with Gasteiger partial charge in [-0.2, -0.15) is 0 Å². The molecule has 26 heavy (non-hydrogen) atoms. The molecule has 2 amide bonds. The number of nitrogens with one attached hydrogen (secondary N) is 1. The third-order valence-electron chi connectivity index (χ3n) is 4.47. The van der Waals surface area contributed by atoms with Gasteiger partial charge >= 0.3 is 18.2 Å². The lowest BCUT2D eigenvalue weighted by Gasteiger charge is -2.53. The minimum absolute atomic E-state index is 0.0497. The van der Waals surface area contributed by atoms with Gasteiger partial charge in [-0.1, -0.05) is 20.8 Å². The summed E-state index contributed by atoms with van der Waals surface area (Å²) in [5.41, 5.74) is -2.97. The van der Waals surface area contributed by atoms with Crippen molar-refractivity contribution >= 4 is 18.2 Å². The fraction of sp³-hybridized carbons (Fsp3) is 0.824. The molecule has 0 aromatic carbocycles. The van der Waals surface area contributed by atoms with Crippen LogP contribution in [0.3, 0.4) is 0 Å². The van der Waals surface area contributed by atoms with Crippen LogP contribution in [0, 0.1) is 5.41 Å². The van der Waals surface area contributed by atoms with E-state index >= 15 is 0 Å². The highest BCUT2D eigenvalue weighted by atomic mass is 16.6. The lowest BCUT2D eigenvalue weighted by molar-refractivity contribution is -0.165. The molecule has 9 nitrogen and oxygen atoms in total. The second-order valence-corrected chi connectivity index (χ2v) is 8.55. The molecule has 0 aromatic heterocycles. The molecule has 0 aliphatic carbocycles. The average molecular weight is 373 g/mol. The van der Waals surface area contributed by atoms with Gasteiger partial charge in [0.25, 0.3) is 0 Å². The van der Waals surface area contributed by atoms with Gasteiger partial charge < -0.3 is 20.3 Å². The highest BCUT2D eigenvalue weighted by molar-refractivity contribution is 5.85. The molecule has 3 N–H and O–H groups in total. The molecule has 1 aliphatic rings. The van der Waals surface area contributed by atoms with Crippen LogP contribution in [0.5, 0.6) is 0 Å². The Kier molecular flexibility index (Phi) is 6.51. The number of carboxylic acids is 1. The van der Waals surface area contributed by atoms with E-state index in [-0.39, 0.29) is 19.6 Å². The molecule has 0 spiro atoms. The first-order valence-electron chi connectivity index (χ1n) is 8.64. The molecule has 0 bridgehead atoms. The van der Waals surface area contributed by atoms with Gasteiger partial charge in [0, 0.05) is 32.7 Å². The normalized spacial score (nSPS) is 22.0. The smallest absolute Gasteiger partial charge is 0.408 e. The summed E-state index contributed by atoms with van der Waals surface area (Å²) in [6.07, 6.45) is -1.78. The standard InChI is InChI=1S/C17H31N3O6/c1-15(2,3)17(12(21)22)11-19(9-10-20(17)14(24)25)8-7-18-13(23)26-16(4,5)6/h7-11H2,1-6H3,(H,18,23)(H,21,22)(H,24,25). The quantitative estimate of drug-likeness (QED) is 0.686. The third kappa shape index (κ3) is 5.00. The Hall–Kier alpha value is -2.03. The monoisotopic (exact) mass is 373 g/mol. The predicted octanol–water partition coefficient (Wildman–Crippen LogP) is 1.68. The van der Waals surface area contributed by atoms with Crippen LogP contribution in [-0.4, -0.2) is 82.0 Å². The largest absolute Gasteiger partial charge is 0.479 e. The van der Waals surface area contributed by atoms with E-state index in [4.69, 9.17) is 4.74 Å². The van der Waals surface area contributed by atoms with Crippen molar-refractivity contribution in [2.24, 2.45) is 5.41 Å². The van der Waals surface area contributed by atoms with Gasteiger partial charge in [-0.05, 0) is 26.2 Å². The maximum Gasteiger partial charge on any atom is 0.408 e. The lowest BCUT2D eigenvalue weighted by atomic mass is 9.71. The average Bonchev–Trinajstić information content (AvgIpc) is 2.43. The molecule has 0 radical (unpaired) electrons. The Morgan fingerprint density at radius 2 is 1.65 bits per heavy atom. The van der Waals surface area contributed by atoms with Crippen LogP contribution in [0.2, 0.25) is 0 Å². The Bertz CT molecular complexity index is 552. The Balaban J connectivity index is 2.82. The third-order valence-corrected chi connectivity index (χ3v) is 4.47. The fourth-order valence-electron chi connectivity index (χ4n) is 3.15. The molecule has 1 unspecified atom stereocenters. The van der Waals surface area contributed by atoms with Crippen molar-refractivity contribution in [3.63, 3.8) is 0 Å². The van der Waals surface area contributed by atoms with E-state index in [0.29, 0.717) is 13.1 Å². The summed E-state index contributed by atoms with van der Waals surface area (Å²) in [7, 11) is 0. The number of hydrogen-bond acceptors (Lipinski definition) is 5. The van der Waals surface area contributed by atoms with E-state index in [1.165, 1.54) is 0 Å². The minimum atomic E-state index is -1.57. The highest BCUT2D eigenvalue weighted by Crippen LogP contribution is 2.39. The second kappa shape index (κ2) is 7.69. The van der Waals surface area contributed by atoms with E-state index < -0.39 is 34.7 Å². The number of aliphatic carboxylic acids is 1. The van der Waals surface area contributed by atoms with Crippen molar-refractivity contribution < 1.29 is 29.3 Å². The summed E-state index contributed by atoms with van der Waals surface area (Å²) in [5, 5.41) is 22.0. The van der Waals surface area contributed by atoms with Crippen LogP contribution < -0.4 is 5.32 Å². The number of carbonyl (C=O) groups excluding carboxylic acids is 1. The van der Waals surface area contributed by atoms with Gasteiger partial charge in [-0.3, -0.25) is 9.80 Å². The first kappa shape index (κ1) is 22.0. The van der Waals surface area contributed by atoms with Crippen LogP contribution in [0.4, 0.5) is 9.59 Å². The zero-order valence-electron chi connectivity index (χ0n) is 16.5. The maximum atomic E-state index is 12.1. The van der Waals surface area contributed by atoms with Gasteiger partial charge in [-0.15, -0.1) is 0 Å². The summed E-state index contributed by atoms with van der Waals surface area (Å²) in [6, 6.07) is 0. The summed E-state index contributed by atoms with van der Waals surface area (Å²) >= 11 is 0. The SMILES string of the molecule is CC(C)(C)OC(=O)NCCN1CCN(C(=O)O)C(C(=O)O)(C(C)(C)C)C1. The molecule has 150 valence electrons. The number of piperazine rings is 1. The Morgan fingerprint density at radius 1 is 1.08 bits per heavy atom. The van der Waals surface area contributed by atoms with Crippen molar-refractivity contribution in [1.82, 2.24) is 15.1 Å². The minimum Gasteiger partial charge on any atom is -0.479 e. The fourth-order valence-corrected chi connectivity index (χ4v) is 3.15. The van der Waals surface area contributed by atoms with E-state index in [1.54, 1.807) is 41.5 Å². The highest BCUT2D eigenvalue weighted by Gasteiger charge is 2.57. The van der Waals surface area contributed by atoms with Gasteiger partial charge in [0.15, 0.2) is 5.54 Å². The van der Waals surface area contributed by atoms with Crippen LogP contribution in [-0.2, 0) is 9.53 Å². The van der Waals surface area contributed by atoms with Crippen LogP contribution in [0.1, 0.15) is 41.5 Å². The van der Waals surface area contributed by atoms with Crippen molar-refractivity contribution in [3.8, 4) is 0 Å². The molecule has 1 fully saturated rings. The topological polar surface area (TPSA) is 119 Å². The number of hydrogen-bond donors (Lipinski definition) is 3. The molecule has 9 heteroatoms.